The summed E-state index contributed by atoms with van der Waals surface area (Å²) in [4.78, 5) is 8.55. The Morgan fingerprint density at radius 3 is 1.91 bits per heavy atom. The van der Waals surface area contributed by atoms with Gasteiger partial charge in [0.2, 0.25) is 0 Å². The summed E-state index contributed by atoms with van der Waals surface area (Å²) in [7, 11) is 0. The number of aromatic nitrogens is 2. The highest BCUT2D eigenvalue weighted by Gasteiger charge is 2.18. The third kappa shape index (κ3) is 7.18. The summed E-state index contributed by atoms with van der Waals surface area (Å²) in [5.41, 5.74) is 2.39. The number of rotatable bonds is 5. The molecule has 0 saturated heterocycles. The van der Waals surface area contributed by atoms with Gasteiger partial charge in [-0.05, 0) is 54.0 Å². The van der Waals surface area contributed by atoms with Crippen LogP contribution >= 0.6 is 61.8 Å². The topological polar surface area (TPSA) is 58.0 Å². The molecule has 4 nitrogen and oxygen atoms in total. The van der Waals surface area contributed by atoms with Crippen molar-refractivity contribution in [1.82, 2.24) is 9.97 Å². The maximum atomic E-state index is 13.4. The molecule has 0 bridgehead atoms. The fourth-order valence-corrected chi connectivity index (χ4v) is 4.64. The van der Waals surface area contributed by atoms with Crippen LogP contribution in [0.4, 0.5) is 13.9 Å². The van der Waals surface area contributed by atoms with Gasteiger partial charge in [0.25, 0.3) is 0 Å². The molecule has 0 aliphatic carbocycles. The van der Waals surface area contributed by atoms with Crippen LogP contribution in [0.5, 0.6) is 0 Å². The van der Waals surface area contributed by atoms with E-state index in [1.54, 1.807) is 12.1 Å². The number of hydrogen-bond acceptors (Lipinski definition) is 6. The van der Waals surface area contributed by atoms with Gasteiger partial charge >= 0.3 is 0 Å². The molecule has 0 aliphatic rings. The SMILES string of the molecule is CC(C)(CO)Nc1nc(-c2ccc(Cl)c(F)c2)cs1.Fc1cc(-c2csc(Br)n2)ccc1Cl. The predicted octanol–water partition coefficient (Wildman–Crippen LogP) is 8.15. The van der Waals surface area contributed by atoms with Crippen molar-refractivity contribution in [2.75, 3.05) is 11.9 Å². The molecule has 0 amide bonds. The zero-order chi connectivity index (χ0) is 24.2. The molecule has 2 N–H and O–H groups in total. The first-order valence-electron chi connectivity index (χ1n) is 9.44. The third-order valence-corrected chi connectivity index (χ3v) is 6.99. The number of thiazole rings is 2. The Bertz CT molecular complexity index is 1250. The molecule has 2 aromatic heterocycles. The van der Waals surface area contributed by atoms with Crippen molar-refractivity contribution in [3.8, 4) is 22.5 Å². The summed E-state index contributed by atoms with van der Waals surface area (Å²) in [5, 5.41) is 16.9. The average molecular weight is 593 g/mol. The summed E-state index contributed by atoms with van der Waals surface area (Å²) < 4.78 is 27.3. The quantitative estimate of drug-likeness (QED) is 0.245. The Labute approximate surface area is 216 Å². The van der Waals surface area contributed by atoms with Crippen molar-refractivity contribution < 1.29 is 13.9 Å². The van der Waals surface area contributed by atoms with Gasteiger partial charge in [-0.3, -0.25) is 0 Å². The first-order chi connectivity index (χ1) is 15.6. The van der Waals surface area contributed by atoms with Gasteiger partial charge in [-0.1, -0.05) is 35.3 Å². The number of anilines is 1. The van der Waals surface area contributed by atoms with Crippen LogP contribution in [-0.4, -0.2) is 27.2 Å². The normalized spacial score (nSPS) is 11.2. The number of benzene rings is 2. The van der Waals surface area contributed by atoms with Gasteiger partial charge in [-0.25, -0.2) is 18.7 Å². The fraction of sp³-hybridized carbons (Fsp3) is 0.182. The molecule has 174 valence electrons. The molecule has 0 unspecified atom stereocenters. The van der Waals surface area contributed by atoms with Crippen LogP contribution in [0, 0.1) is 11.6 Å². The Morgan fingerprint density at radius 2 is 1.45 bits per heavy atom. The molecule has 2 heterocycles. The fourth-order valence-electron chi connectivity index (χ4n) is 2.49. The van der Waals surface area contributed by atoms with Crippen LogP contribution in [-0.2, 0) is 0 Å². The second-order valence-corrected chi connectivity index (χ2v) is 11.3. The Balaban J connectivity index is 0.000000194. The molecular weight excluding hydrogens is 575 g/mol. The van der Waals surface area contributed by atoms with Crippen LogP contribution in [0.2, 0.25) is 10.0 Å². The van der Waals surface area contributed by atoms with Crippen LogP contribution in [0.15, 0.2) is 51.1 Å². The summed E-state index contributed by atoms with van der Waals surface area (Å²) in [5.74, 6) is -0.884. The van der Waals surface area contributed by atoms with Crippen LogP contribution in [0.25, 0.3) is 22.5 Å². The Hall–Kier alpha value is -1.62. The van der Waals surface area contributed by atoms with E-state index in [4.69, 9.17) is 23.2 Å². The minimum Gasteiger partial charge on any atom is -0.394 e. The lowest BCUT2D eigenvalue weighted by atomic mass is 10.1. The monoisotopic (exact) mass is 591 g/mol. The second kappa shape index (κ2) is 11.2. The van der Waals surface area contributed by atoms with Gasteiger partial charge < -0.3 is 10.4 Å². The Morgan fingerprint density at radius 1 is 0.939 bits per heavy atom. The van der Waals surface area contributed by atoms with E-state index in [0.29, 0.717) is 16.4 Å². The standard InChI is InChI=1S/C13H14ClFN2OS.C9H4BrClFNS/c1-13(2,7-18)17-12-16-11(6-19-12)8-3-4-9(14)10(15)5-8;10-9-13-8(4-14-9)5-1-2-6(11)7(12)3-5/h3-6,18H,7H2,1-2H3,(H,16,17);1-4H. The number of nitrogens with one attached hydrogen (secondary N) is 1. The number of aliphatic hydroxyl groups excluding tert-OH is 1. The van der Waals surface area contributed by atoms with E-state index >= 15 is 0 Å². The van der Waals surface area contributed by atoms with Crippen molar-refractivity contribution >= 4 is 66.9 Å². The number of aliphatic hydroxyl groups is 1. The number of nitrogens with zero attached hydrogens (tertiary/aromatic N) is 2. The van der Waals surface area contributed by atoms with Crippen molar-refractivity contribution in [3.05, 3.63) is 72.8 Å². The van der Waals surface area contributed by atoms with E-state index < -0.39 is 17.2 Å². The molecule has 2 aromatic carbocycles. The van der Waals surface area contributed by atoms with Crippen molar-refractivity contribution in [3.63, 3.8) is 0 Å². The minimum atomic E-state index is -0.461. The van der Waals surface area contributed by atoms with Crippen LogP contribution in [0.1, 0.15) is 13.8 Å². The van der Waals surface area contributed by atoms with Gasteiger partial charge in [0.15, 0.2) is 9.05 Å². The molecule has 0 fully saturated rings. The minimum absolute atomic E-state index is 0.00249. The summed E-state index contributed by atoms with van der Waals surface area (Å²) in [6.45, 7) is 3.74. The summed E-state index contributed by atoms with van der Waals surface area (Å²) in [6, 6.07) is 9.24. The first kappa shape index (κ1) is 26.0. The molecule has 0 aliphatic heterocycles. The van der Waals surface area contributed by atoms with Gasteiger partial charge in [0, 0.05) is 21.9 Å². The first-order valence-corrected chi connectivity index (χ1v) is 12.8. The summed E-state index contributed by atoms with van der Waals surface area (Å²) in [6.07, 6.45) is 0. The molecule has 33 heavy (non-hydrogen) atoms. The lowest BCUT2D eigenvalue weighted by molar-refractivity contribution is 0.234. The zero-order valence-electron chi connectivity index (χ0n) is 17.4. The highest BCUT2D eigenvalue weighted by atomic mass is 79.9. The lowest BCUT2D eigenvalue weighted by Gasteiger charge is -2.22. The second-order valence-electron chi connectivity index (χ2n) is 7.45. The molecule has 4 rings (SSSR count). The Kier molecular flexibility index (Phi) is 8.82. The predicted molar refractivity (Wildman–Crippen MR) is 138 cm³/mol. The highest BCUT2D eigenvalue weighted by Crippen LogP contribution is 2.29. The van der Waals surface area contributed by atoms with E-state index in [1.807, 2.05) is 24.6 Å². The maximum absolute atomic E-state index is 13.4. The van der Waals surface area contributed by atoms with Gasteiger partial charge in [0.05, 0.1) is 33.6 Å². The van der Waals surface area contributed by atoms with Crippen LogP contribution < -0.4 is 5.32 Å². The van der Waals surface area contributed by atoms with E-state index in [-0.39, 0.29) is 16.7 Å². The van der Waals surface area contributed by atoms with E-state index in [1.165, 1.54) is 46.9 Å². The highest BCUT2D eigenvalue weighted by molar-refractivity contribution is 9.11. The molecule has 0 spiro atoms. The smallest absolute Gasteiger partial charge is 0.183 e. The van der Waals surface area contributed by atoms with Gasteiger partial charge in [-0.15, -0.1) is 22.7 Å². The third-order valence-electron chi connectivity index (χ3n) is 4.25. The van der Waals surface area contributed by atoms with E-state index in [2.05, 4.69) is 31.2 Å². The van der Waals surface area contributed by atoms with Gasteiger partial charge in [0.1, 0.15) is 11.6 Å². The summed E-state index contributed by atoms with van der Waals surface area (Å²) >= 11 is 17.3. The van der Waals surface area contributed by atoms with Gasteiger partial charge in [-0.2, -0.15) is 0 Å². The average Bonchev–Trinajstić information content (AvgIpc) is 3.41. The van der Waals surface area contributed by atoms with Crippen molar-refractivity contribution in [2.24, 2.45) is 0 Å². The maximum Gasteiger partial charge on any atom is 0.183 e. The largest absolute Gasteiger partial charge is 0.394 e. The van der Waals surface area contributed by atoms with E-state index in [9.17, 15) is 13.9 Å². The van der Waals surface area contributed by atoms with Crippen molar-refractivity contribution in [2.45, 2.75) is 19.4 Å². The number of halogens is 5. The van der Waals surface area contributed by atoms with E-state index in [0.717, 1.165) is 15.2 Å². The zero-order valence-corrected chi connectivity index (χ0v) is 22.1. The lowest BCUT2D eigenvalue weighted by Crippen LogP contribution is -2.34. The van der Waals surface area contributed by atoms with Crippen molar-refractivity contribution in [1.29, 1.82) is 0 Å². The molecule has 0 saturated carbocycles. The van der Waals surface area contributed by atoms with Crippen LogP contribution in [0.3, 0.4) is 0 Å². The molecular formula is C22H18BrCl2F2N3OS2. The molecule has 0 atom stereocenters. The molecule has 4 aromatic rings. The number of hydrogen-bond donors (Lipinski definition) is 2. The molecule has 0 radical (unpaired) electrons. The molecule has 11 heteroatoms.